The third kappa shape index (κ3) is 1.39. The highest BCUT2D eigenvalue weighted by molar-refractivity contribution is 7.04. The van der Waals surface area contributed by atoms with E-state index in [1.807, 2.05) is 0 Å². The van der Waals surface area contributed by atoms with Crippen LogP contribution in [0, 0.1) is 0 Å². The number of hydrogen-bond donors (Lipinski definition) is 1. The highest BCUT2D eigenvalue weighted by Gasteiger charge is 2.43. The molecule has 1 N–H and O–H groups in total. The lowest BCUT2D eigenvalue weighted by molar-refractivity contribution is -0.166. The van der Waals surface area contributed by atoms with Gasteiger partial charge in [-0.3, -0.25) is 0 Å². The summed E-state index contributed by atoms with van der Waals surface area (Å²) in [5, 5.41) is 8.55. The van der Waals surface area contributed by atoms with Gasteiger partial charge >= 0.3 is 11.9 Å². The van der Waals surface area contributed by atoms with Crippen molar-refractivity contribution in [1.82, 2.24) is 4.37 Å². The first-order chi connectivity index (χ1) is 5.46. The van der Waals surface area contributed by atoms with E-state index in [-0.39, 0.29) is 0 Å². The van der Waals surface area contributed by atoms with E-state index >= 15 is 0 Å². The molecule has 0 aliphatic carbocycles. The Bertz CT molecular complexity index is 314. The number of alkyl halides is 2. The second kappa shape index (κ2) is 2.95. The maximum atomic E-state index is 12.7. The van der Waals surface area contributed by atoms with E-state index in [0.29, 0.717) is 11.5 Å². The van der Waals surface area contributed by atoms with Crippen LogP contribution in [0.2, 0.25) is 5.15 Å². The number of carboxylic acid groups (broad SMARTS) is 1. The van der Waals surface area contributed by atoms with E-state index in [4.69, 9.17) is 16.7 Å². The van der Waals surface area contributed by atoms with Crippen LogP contribution in [0.25, 0.3) is 0 Å². The first-order valence-electron chi connectivity index (χ1n) is 2.68. The fourth-order valence-corrected chi connectivity index (χ4v) is 1.51. The van der Waals surface area contributed by atoms with Gasteiger partial charge in [-0.1, -0.05) is 11.6 Å². The van der Waals surface area contributed by atoms with Crippen LogP contribution in [0.15, 0.2) is 5.38 Å². The van der Waals surface area contributed by atoms with Gasteiger partial charge in [-0.2, -0.15) is 13.2 Å². The van der Waals surface area contributed by atoms with Gasteiger partial charge in [0.25, 0.3) is 0 Å². The van der Waals surface area contributed by atoms with Gasteiger partial charge in [0, 0.05) is 5.38 Å². The normalized spacial score (nSPS) is 11.6. The molecule has 0 fully saturated rings. The summed E-state index contributed by atoms with van der Waals surface area (Å²) in [7, 11) is 0. The summed E-state index contributed by atoms with van der Waals surface area (Å²) in [6.45, 7) is 0. The van der Waals surface area contributed by atoms with E-state index in [1.54, 1.807) is 0 Å². The first kappa shape index (κ1) is 9.34. The smallest absolute Gasteiger partial charge is 0.379 e. The Hall–Kier alpha value is -0.750. The number of aromatic nitrogens is 1. The third-order valence-electron chi connectivity index (χ3n) is 1.13. The molecule has 66 valence electrons. The minimum Gasteiger partial charge on any atom is -0.477 e. The van der Waals surface area contributed by atoms with Crippen LogP contribution < -0.4 is 0 Å². The predicted molar refractivity (Wildman–Crippen MR) is 38.7 cm³/mol. The second-order valence-corrected chi connectivity index (χ2v) is 2.89. The molecule has 0 aliphatic heterocycles. The zero-order valence-electron chi connectivity index (χ0n) is 5.42. The number of hydrogen-bond acceptors (Lipinski definition) is 3. The van der Waals surface area contributed by atoms with E-state index in [0.717, 1.165) is 5.38 Å². The summed E-state index contributed by atoms with van der Waals surface area (Å²) < 4.78 is 28.6. The van der Waals surface area contributed by atoms with Gasteiger partial charge in [-0.15, -0.1) is 0 Å². The molecule has 1 aromatic rings. The van der Waals surface area contributed by atoms with Crippen molar-refractivity contribution < 1.29 is 18.7 Å². The molecular weight excluding hydrogens is 212 g/mol. The van der Waals surface area contributed by atoms with Crippen molar-refractivity contribution in [1.29, 1.82) is 0 Å². The highest BCUT2D eigenvalue weighted by Crippen LogP contribution is 2.33. The molecule has 7 heteroatoms. The van der Waals surface area contributed by atoms with Crippen molar-refractivity contribution in [2.24, 2.45) is 0 Å². The summed E-state index contributed by atoms with van der Waals surface area (Å²) >= 11 is 5.91. The first-order valence-corrected chi connectivity index (χ1v) is 3.89. The minimum atomic E-state index is -3.95. The minimum absolute atomic E-state index is 0.465. The molecule has 0 amide bonds. The summed E-state index contributed by atoms with van der Waals surface area (Å²) in [4.78, 5) is 10.0. The van der Waals surface area contributed by atoms with Crippen molar-refractivity contribution in [2.75, 3.05) is 0 Å². The van der Waals surface area contributed by atoms with Crippen molar-refractivity contribution in [3.8, 4) is 0 Å². The molecule has 1 heterocycles. The van der Waals surface area contributed by atoms with Gasteiger partial charge in [0.05, 0.1) is 5.56 Å². The molecule has 0 atom stereocenters. The zero-order chi connectivity index (χ0) is 9.35. The third-order valence-corrected chi connectivity index (χ3v) is 2.15. The van der Waals surface area contributed by atoms with Gasteiger partial charge < -0.3 is 5.11 Å². The Labute approximate surface area is 74.8 Å². The number of carbonyl (C=O) groups is 1. The average Bonchev–Trinajstić information content (AvgIpc) is 2.35. The van der Waals surface area contributed by atoms with E-state index in [1.165, 1.54) is 0 Å². The fourth-order valence-electron chi connectivity index (χ4n) is 0.542. The van der Waals surface area contributed by atoms with Crippen LogP contribution in [0.5, 0.6) is 0 Å². The number of aliphatic carboxylic acids is 1. The molecule has 0 aromatic carbocycles. The molecule has 0 radical (unpaired) electrons. The maximum absolute atomic E-state index is 12.7. The largest absolute Gasteiger partial charge is 0.477 e. The molecule has 1 aromatic heterocycles. The second-order valence-electron chi connectivity index (χ2n) is 1.90. The van der Waals surface area contributed by atoms with Crippen LogP contribution in [-0.2, 0) is 10.7 Å². The molecule has 0 unspecified atom stereocenters. The van der Waals surface area contributed by atoms with Crippen LogP contribution in [0.1, 0.15) is 5.56 Å². The van der Waals surface area contributed by atoms with Crippen LogP contribution >= 0.6 is 23.1 Å². The van der Waals surface area contributed by atoms with Crippen molar-refractivity contribution >= 4 is 29.1 Å². The lowest BCUT2D eigenvalue weighted by Crippen LogP contribution is -2.24. The Kier molecular flexibility index (Phi) is 2.29. The Balaban J connectivity index is 3.13. The molecule has 0 saturated heterocycles. The quantitative estimate of drug-likeness (QED) is 0.817. The molecular formula is C5H2ClF2NO2S. The molecule has 1 rings (SSSR count). The number of rotatable bonds is 2. The highest BCUT2D eigenvalue weighted by atomic mass is 35.5. The molecule has 12 heavy (non-hydrogen) atoms. The molecule has 0 saturated carbocycles. The molecule has 0 bridgehead atoms. The van der Waals surface area contributed by atoms with Crippen molar-refractivity contribution in [3.63, 3.8) is 0 Å². The average molecular weight is 214 g/mol. The van der Waals surface area contributed by atoms with Gasteiger partial charge in [-0.25, -0.2) is 4.79 Å². The summed E-state index contributed by atoms with van der Waals surface area (Å²) in [5.41, 5.74) is -0.762. The fraction of sp³-hybridized carbons (Fsp3) is 0.200. The lowest BCUT2D eigenvalue weighted by Gasteiger charge is -2.07. The summed E-state index contributed by atoms with van der Waals surface area (Å²) in [6, 6.07) is 0. The standard InChI is InChI=1S/C5H2ClF2NO2S/c6-3-2(1-12-9-3)5(7,8)4(10)11/h1H,(H,10,11). The van der Waals surface area contributed by atoms with Gasteiger partial charge in [0.15, 0.2) is 5.15 Å². The lowest BCUT2D eigenvalue weighted by atomic mass is 10.2. The van der Waals surface area contributed by atoms with E-state index < -0.39 is 22.6 Å². The SMILES string of the molecule is O=C(O)C(F)(F)c1csnc1Cl. The van der Waals surface area contributed by atoms with E-state index in [9.17, 15) is 13.6 Å². The van der Waals surface area contributed by atoms with Crippen molar-refractivity contribution in [2.45, 2.75) is 5.92 Å². The Morgan fingerprint density at radius 2 is 2.33 bits per heavy atom. The number of nitrogens with zero attached hydrogens (tertiary/aromatic N) is 1. The topological polar surface area (TPSA) is 50.2 Å². The van der Waals surface area contributed by atoms with Gasteiger partial charge in [0.2, 0.25) is 0 Å². The van der Waals surface area contributed by atoms with Gasteiger partial charge in [0.1, 0.15) is 0 Å². The van der Waals surface area contributed by atoms with Crippen LogP contribution in [-0.4, -0.2) is 15.4 Å². The Morgan fingerprint density at radius 3 is 2.67 bits per heavy atom. The molecule has 0 aliphatic rings. The Morgan fingerprint density at radius 1 is 1.75 bits per heavy atom. The predicted octanol–water partition coefficient (Wildman–Crippen LogP) is 1.97. The molecule has 3 nitrogen and oxygen atoms in total. The number of halogens is 3. The van der Waals surface area contributed by atoms with Crippen LogP contribution in [0.4, 0.5) is 8.78 Å². The van der Waals surface area contributed by atoms with Crippen molar-refractivity contribution in [3.05, 3.63) is 16.1 Å². The maximum Gasteiger partial charge on any atom is 0.379 e. The zero-order valence-corrected chi connectivity index (χ0v) is 6.99. The van der Waals surface area contributed by atoms with E-state index in [2.05, 4.69) is 4.37 Å². The summed E-state index contributed by atoms with van der Waals surface area (Å²) in [6.07, 6.45) is 0. The molecule has 0 spiro atoms. The number of carboxylic acids is 1. The van der Waals surface area contributed by atoms with Gasteiger partial charge in [-0.05, 0) is 11.5 Å². The monoisotopic (exact) mass is 213 g/mol. The summed E-state index contributed by atoms with van der Waals surface area (Å²) in [5.74, 6) is -6.19. The van der Waals surface area contributed by atoms with Crippen LogP contribution in [0.3, 0.4) is 0 Å².